The van der Waals surface area contributed by atoms with Gasteiger partial charge in [-0.1, -0.05) is 6.42 Å². The minimum Gasteiger partial charge on any atom is -0.480 e. The summed E-state index contributed by atoms with van der Waals surface area (Å²) < 4.78 is 0. The third-order valence-corrected chi connectivity index (χ3v) is 3.56. The van der Waals surface area contributed by atoms with Gasteiger partial charge in [0.1, 0.15) is 11.9 Å². The molecule has 0 saturated heterocycles. The lowest BCUT2D eigenvalue weighted by molar-refractivity contribution is -0.144. The molecule has 1 heterocycles. The molecule has 1 aromatic heterocycles. The Hall–Kier alpha value is -1.49. The van der Waals surface area contributed by atoms with Crippen molar-refractivity contribution in [2.45, 2.75) is 51.7 Å². The Morgan fingerprint density at radius 2 is 2.11 bits per heavy atom. The van der Waals surface area contributed by atoms with E-state index in [1.165, 1.54) is 6.42 Å². The van der Waals surface area contributed by atoms with E-state index in [4.69, 9.17) is 5.11 Å². The number of carbonyl (C=O) groups is 1. The van der Waals surface area contributed by atoms with E-state index < -0.39 is 12.0 Å². The van der Waals surface area contributed by atoms with Gasteiger partial charge in [-0.2, -0.15) is 0 Å². The Morgan fingerprint density at radius 3 is 2.56 bits per heavy atom. The number of carboxylic acids is 1. The molecule has 1 fully saturated rings. The normalized spacial score (nSPS) is 17.5. The van der Waals surface area contributed by atoms with Crippen LogP contribution in [-0.2, 0) is 11.3 Å². The summed E-state index contributed by atoms with van der Waals surface area (Å²) in [6, 6.07) is -0.124. The van der Waals surface area contributed by atoms with Crippen molar-refractivity contribution in [3.63, 3.8) is 0 Å². The summed E-state index contributed by atoms with van der Waals surface area (Å²) in [5, 5.41) is 9.16. The van der Waals surface area contributed by atoms with Crippen molar-refractivity contribution < 1.29 is 9.90 Å². The Balaban J connectivity index is 2.09. The second-order valence-corrected chi connectivity index (χ2v) is 4.95. The van der Waals surface area contributed by atoms with Crippen LogP contribution in [0, 0.1) is 6.92 Å². The zero-order chi connectivity index (χ0) is 13.1. The highest BCUT2D eigenvalue weighted by atomic mass is 16.4. The number of hydrogen-bond acceptors (Lipinski definition) is 4. The van der Waals surface area contributed by atoms with Gasteiger partial charge in [0.15, 0.2) is 0 Å². The first-order chi connectivity index (χ1) is 8.58. The van der Waals surface area contributed by atoms with E-state index in [1.807, 2.05) is 11.8 Å². The molecule has 0 aromatic carbocycles. The van der Waals surface area contributed by atoms with Crippen LogP contribution >= 0.6 is 0 Å². The van der Waals surface area contributed by atoms with Gasteiger partial charge in [0.25, 0.3) is 0 Å². The second kappa shape index (κ2) is 5.44. The van der Waals surface area contributed by atoms with Crippen molar-refractivity contribution in [3.8, 4) is 0 Å². The predicted octanol–water partition coefficient (Wildman–Crippen LogP) is 1.61. The van der Waals surface area contributed by atoms with Crippen LogP contribution in [0.4, 0.5) is 0 Å². The summed E-state index contributed by atoms with van der Waals surface area (Å²) in [6.45, 7) is 4.18. The maximum absolute atomic E-state index is 11.1. The molecule has 1 atom stereocenters. The van der Waals surface area contributed by atoms with Gasteiger partial charge < -0.3 is 5.11 Å². The van der Waals surface area contributed by atoms with Gasteiger partial charge in [-0.15, -0.1) is 0 Å². The summed E-state index contributed by atoms with van der Waals surface area (Å²) >= 11 is 0. The zero-order valence-electron chi connectivity index (χ0n) is 10.8. The molecule has 1 saturated carbocycles. The van der Waals surface area contributed by atoms with Gasteiger partial charge >= 0.3 is 5.97 Å². The van der Waals surface area contributed by atoms with Crippen molar-refractivity contribution in [2.75, 3.05) is 0 Å². The molecule has 1 aromatic rings. The van der Waals surface area contributed by atoms with E-state index in [9.17, 15) is 4.79 Å². The molecule has 1 N–H and O–H groups in total. The molecule has 5 nitrogen and oxygen atoms in total. The first-order valence-corrected chi connectivity index (χ1v) is 6.34. The molecule has 1 aliphatic carbocycles. The minimum absolute atomic E-state index is 0.362. The Bertz CT molecular complexity index is 415. The van der Waals surface area contributed by atoms with Crippen molar-refractivity contribution in [2.24, 2.45) is 0 Å². The smallest absolute Gasteiger partial charge is 0.320 e. The van der Waals surface area contributed by atoms with Crippen LogP contribution in [0.2, 0.25) is 0 Å². The number of aromatic nitrogens is 2. The molecule has 18 heavy (non-hydrogen) atoms. The summed E-state index contributed by atoms with van der Waals surface area (Å²) in [5.74, 6) is -0.0883. The molecule has 1 unspecified atom stereocenters. The molecule has 2 rings (SSSR count). The summed E-state index contributed by atoms with van der Waals surface area (Å²) in [7, 11) is 0. The van der Waals surface area contributed by atoms with Crippen molar-refractivity contribution in [1.82, 2.24) is 14.9 Å². The number of hydrogen-bond donors (Lipinski definition) is 1. The van der Waals surface area contributed by atoms with Gasteiger partial charge in [0.2, 0.25) is 0 Å². The maximum atomic E-state index is 11.1. The second-order valence-electron chi connectivity index (χ2n) is 4.95. The standard InChI is InChI=1S/C13H19N3O2/c1-9-6-14-12(15-7-9)8-16(10(2)13(17)18)11-4-3-5-11/h6-7,10-11H,3-5,8H2,1-2H3,(H,17,18). The Morgan fingerprint density at radius 1 is 1.50 bits per heavy atom. The molecular formula is C13H19N3O2. The van der Waals surface area contributed by atoms with E-state index in [1.54, 1.807) is 19.3 Å². The lowest BCUT2D eigenvalue weighted by Crippen LogP contribution is -2.48. The molecule has 0 amide bonds. The van der Waals surface area contributed by atoms with E-state index in [0.29, 0.717) is 18.4 Å². The lowest BCUT2D eigenvalue weighted by Gasteiger charge is -2.39. The van der Waals surface area contributed by atoms with E-state index in [2.05, 4.69) is 9.97 Å². The number of carboxylic acid groups (broad SMARTS) is 1. The maximum Gasteiger partial charge on any atom is 0.320 e. The molecule has 0 radical (unpaired) electrons. The van der Waals surface area contributed by atoms with Crippen molar-refractivity contribution in [3.05, 3.63) is 23.8 Å². The monoisotopic (exact) mass is 249 g/mol. The van der Waals surface area contributed by atoms with Crippen LogP contribution in [0.25, 0.3) is 0 Å². The molecular weight excluding hydrogens is 230 g/mol. The van der Waals surface area contributed by atoms with E-state index in [0.717, 1.165) is 18.4 Å². The summed E-state index contributed by atoms with van der Waals surface area (Å²) in [5.41, 5.74) is 1.01. The van der Waals surface area contributed by atoms with E-state index >= 15 is 0 Å². The van der Waals surface area contributed by atoms with Crippen LogP contribution in [0.1, 0.15) is 37.6 Å². The fourth-order valence-electron chi connectivity index (χ4n) is 2.11. The molecule has 0 bridgehead atoms. The minimum atomic E-state index is -0.783. The largest absolute Gasteiger partial charge is 0.480 e. The molecule has 98 valence electrons. The van der Waals surface area contributed by atoms with E-state index in [-0.39, 0.29) is 0 Å². The highest BCUT2D eigenvalue weighted by Crippen LogP contribution is 2.27. The number of rotatable bonds is 5. The fourth-order valence-corrected chi connectivity index (χ4v) is 2.11. The van der Waals surface area contributed by atoms with Crippen LogP contribution in [0.3, 0.4) is 0 Å². The Kier molecular flexibility index (Phi) is 3.91. The Labute approximate surface area is 107 Å². The SMILES string of the molecule is Cc1cnc(CN(C2CCC2)C(C)C(=O)O)nc1. The fraction of sp³-hybridized carbons (Fsp3) is 0.615. The third-order valence-electron chi connectivity index (χ3n) is 3.56. The van der Waals surface area contributed by atoms with Gasteiger partial charge in [0, 0.05) is 18.4 Å². The highest BCUT2D eigenvalue weighted by Gasteiger charge is 2.32. The van der Waals surface area contributed by atoms with Gasteiger partial charge in [0.05, 0.1) is 6.54 Å². The molecule has 5 heteroatoms. The summed E-state index contributed by atoms with van der Waals surface area (Å²) in [6.07, 6.45) is 6.87. The molecule has 1 aliphatic rings. The first kappa shape index (κ1) is 13.0. The molecule has 0 aliphatic heterocycles. The lowest BCUT2D eigenvalue weighted by atomic mass is 9.90. The molecule has 0 spiro atoms. The number of aliphatic carboxylic acids is 1. The van der Waals surface area contributed by atoms with Gasteiger partial charge in [-0.25, -0.2) is 9.97 Å². The van der Waals surface area contributed by atoms with Gasteiger partial charge in [-0.3, -0.25) is 9.69 Å². The highest BCUT2D eigenvalue weighted by molar-refractivity contribution is 5.72. The summed E-state index contributed by atoms with van der Waals surface area (Å²) in [4.78, 5) is 21.7. The van der Waals surface area contributed by atoms with Crippen LogP contribution in [-0.4, -0.2) is 38.0 Å². The van der Waals surface area contributed by atoms with Gasteiger partial charge in [-0.05, 0) is 32.3 Å². The van der Waals surface area contributed by atoms with Crippen LogP contribution in [0.5, 0.6) is 0 Å². The topological polar surface area (TPSA) is 66.3 Å². The van der Waals surface area contributed by atoms with Crippen LogP contribution in [0.15, 0.2) is 12.4 Å². The predicted molar refractivity (Wildman–Crippen MR) is 67.0 cm³/mol. The third kappa shape index (κ3) is 2.85. The average molecular weight is 249 g/mol. The average Bonchev–Trinajstić information content (AvgIpc) is 2.27. The first-order valence-electron chi connectivity index (χ1n) is 6.34. The van der Waals surface area contributed by atoms with Crippen molar-refractivity contribution >= 4 is 5.97 Å². The number of nitrogens with zero attached hydrogens (tertiary/aromatic N) is 3. The number of aryl methyl sites for hydroxylation is 1. The quantitative estimate of drug-likeness (QED) is 0.858. The zero-order valence-corrected chi connectivity index (χ0v) is 10.8. The van der Waals surface area contributed by atoms with Crippen molar-refractivity contribution in [1.29, 1.82) is 0 Å². The van der Waals surface area contributed by atoms with Crippen LogP contribution < -0.4 is 0 Å².